The zero-order valence-electron chi connectivity index (χ0n) is 8.43. The Balaban J connectivity index is 1.93. The van der Waals surface area contributed by atoms with Crippen LogP contribution in [0.4, 0.5) is 5.13 Å². The summed E-state index contributed by atoms with van der Waals surface area (Å²) in [5.74, 6) is 0. The van der Waals surface area contributed by atoms with Crippen LogP contribution in [-0.2, 0) is 6.54 Å². The molecule has 0 bridgehead atoms. The quantitative estimate of drug-likeness (QED) is 0.860. The third kappa shape index (κ3) is 2.70. The second-order valence-electron chi connectivity index (χ2n) is 3.03. The highest BCUT2D eigenvalue weighted by Crippen LogP contribution is 2.25. The number of thiazole rings is 1. The molecular weight excluding hydrogens is 208 g/mol. The van der Waals surface area contributed by atoms with Crippen LogP contribution in [0.15, 0.2) is 36.5 Å². The molecule has 0 saturated carbocycles. The zero-order valence-corrected chi connectivity index (χ0v) is 9.25. The first-order valence-corrected chi connectivity index (χ1v) is 5.48. The van der Waals surface area contributed by atoms with Crippen molar-refractivity contribution in [3.63, 3.8) is 0 Å². The van der Waals surface area contributed by atoms with Crippen molar-refractivity contribution in [2.75, 3.05) is 12.4 Å². The molecule has 0 unspecified atom stereocenters. The number of hydrogen-bond donors (Lipinski definition) is 1. The first-order chi connectivity index (χ1) is 7.38. The predicted molar refractivity (Wildman–Crippen MR) is 62.4 cm³/mol. The lowest BCUT2D eigenvalue weighted by Crippen LogP contribution is -1.97. The summed E-state index contributed by atoms with van der Waals surface area (Å²) in [4.78, 5) is 4.18. The number of methoxy groups -OCH3 is 1. The van der Waals surface area contributed by atoms with Gasteiger partial charge < -0.3 is 10.1 Å². The number of anilines is 1. The minimum atomic E-state index is 0.789. The van der Waals surface area contributed by atoms with E-state index < -0.39 is 0 Å². The number of hydrogen-bond acceptors (Lipinski definition) is 4. The molecule has 15 heavy (non-hydrogen) atoms. The van der Waals surface area contributed by atoms with Crippen molar-refractivity contribution in [2.45, 2.75) is 6.54 Å². The summed E-state index contributed by atoms with van der Waals surface area (Å²) in [7, 11) is 1.65. The van der Waals surface area contributed by atoms with Crippen molar-refractivity contribution < 1.29 is 4.74 Å². The summed E-state index contributed by atoms with van der Waals surface area (Å²) in [6.07, 6.45) is 1.72. The summed E-state index contributed by atoms with van der Waals surface area (Å²) in [5, 5.41) is 4.95. The molecule has 1 N–H and O–H groups in total. The maximum atomic E-state index is 5.06. The Morgan fingerprint density at radius 3 is 2.80 bits per heavy atom. The lowest BCUT2D eigenvalue weighted by molar-refractivity contribution is 0.426. The average Bonchev–Trinajstić information content (AvgIpc) is 2.76. The molecule has 1 aromatic carbocycles. The Bertz CT molecular complexity index is 414. The molecule has 1 heterocycles. The van der Waals surface area contributed by atoms with E-state index in [1.807, 2.05) is 18.2 Å². The van der Waals surface area contributed by atoms with Gasteiger partial charge in [0.2, 0.25) is 0 Å². The lowest BCUT2D eigenvalue weighted by Gasteiger charge is -2.01. The van der Waals surface area contributed by atoms with Crippen LogP contribution in [-0.4, -0.2) is 12.1 Å². The topological polar surface area (TPSA) is 34.1 Å². The Labute approximate surface area is 92.7 Å². The third-order valence-electron chi connectivity index (χ3n) is 1.97. The van der Waals surface area contributed by atoms with E-state index in [0.29, 0.717) is 0 Å². The smallest absolute Gasteiger partial charge is 0.195 e. The van der Waals surface area contributed by atoms with Gasteiger partial charge in [-0.3, -0.25) is 0 Å². The van der Waals surface area contributed by atoms with E-state index >= 15 is 0 Å². The monoisotopic (exact) mass is 220 g/mol. The van der Waals surface area contributed by atoms with Gasteiger partial charge in [0, 0.05) is 6.54 Å². The number of ether oxygens (including phenoxy) is 1. The van der Waals surface area contributed by atoms with Crippen LogP contribution in [0.25, 0.3) is 0 Å². The Morgan fingerprint density at radius 1 is 1.33 bits per heavy atom. The highest BCUT2D eigenvalue weighted by molar-refractivity contribution is 7.17. The zero-order chi connectivity index (χ0) is 10.5. The van der Waals surface area contributed by atoms with Gasteiger partial charge in [-0.2, -0.15) is 0 Å². The van der Waals surface area contributed by atoms with Crippen molar-refractivity contribution in [1.82, 2.24) is 4.98 Å². The van der Waals surface area contributed by atoms with Crippen LogP contribution in [0.5, 0.6) is 5.06 Å². The van der Waals surface area contributed by atoms with Crippen LogP contribution in [0, 0.1) is 0 Å². The van der Waals surface area contributed by atoms with E-state index in [0.717, 1.165) is 16.7 Å². The summed E-state index contributed by atoms with van der Waals surface area (Å²) < 4.78 is 5.06. The summed E-state index contributed by atoms with van der Waals surface area (Å²) in [6.45, 7) is 0.789. The lowest BCUT2D eigenvalue weighted by atomic mass is 10.2. The molecule has 1 aromatic heterocycles. The van der Waals surface area contributed by atoms with Crippen LogP contribution in [0.2, 0.25) is 0 Å². The van der Waals surface area contributed by atoms with Crippen molar-refractivity contribution in [1.29, 1.82) is 0 Å². The van der Waals surface area contributed by atoms with E-state index in [2.05, 4.69) is 22.4 Å². The number of nitrogens with one attached hydrogen (secondary N) is 1. The first kappa shape index (κ1) is 9.98. The molecule has 0 aliphatic rings. The second-order valence-corrected chi connectivity index (χ2v) is 4.02. The molecule has 2 rings (SSSR count). The molecule has 3 nitrogen and oxygen atoms in total. The molecule has 0 saturated heterocycles. The number of aromatic nitrogens is 1. The standard InChI is InChI=1S/C11H12N2OS/c1-14-10-8-13-11(15-10)12-7-9-5-3-2-4-6-9/h2-6,8H,7H2,1H3,(H,12,13). The summed E-state index contributed by atoms with van der Waals surface area (Å²) in [6, 6.07) is 10.2. The van der Waals surface area contributed by atoms with Gasteiger partial charge in [0.25, 0.3) is 0 Å². The maximum absolute atomic E-state index is 5.06. The molecular formula is C11H12N2OS. The molecule has 0 spiro atoms. The normalized spacial score (nSPS) is 9.93. The fourth-order valence-corrected chi connectivity index (χ4v) is 1.84. The number of nitrogens with zero attached hydrogens (tertiary/aromatic N) is 1. The Morgan fingerprint density at radius 2 is 2.13 bits per heavy atom. The Hall–Kier alpha value is -1.55. The van der Waals surface area contributed by atoms with E-state index in [9.17, 15) is 0 Å². The van der Waals surface area contributed by atoms with Crippen molar-refractivity contribution in [3.05, 3.63) is 42.1 Å². The molecule has 78 valence electrons. The fraction of sp³-hybridized carbons (Fsp3) is 0.182. The molecule has 0 amide bonds. The highest BCUT2D eigenvalue weighted by Gasteiger charge is 2.00. The molecule has 0 atom stereocenters. The van der Waals surface area contributed by atoms with Gasteiger partial charge in [-0.25, -0.2) is 4.98 Å². The van der Waals surface area contributed by atoms with Crippen molar-refractivity contribution in [2.24, 2.45) is 0 Å². The first-order valence-electron chi connectivity index (χ1n) is 4.66. The largest absolute Gasteiger partial charge is 0.486 e. The van der Waals surface area contributed by atoms with Crippen LogP contribution < -0.4 is 10.1 Å². The van der Waals surface area contributed by atoms with Gasteiger partial charge in [0.05, 0.1) is 13.3 Å². The fourth-order valence-electron chi connectivity index (χ4n) is 1.21. The highest BCUT2D eigenvalue weighted by atomic mass is 32.1. The SMILES string of the molecule is COc1cnc(NCc2ccccc2)s1. The van der Waals surface area contributed by atoms with Gasteiger partial charge in [0.1, 0.15) is 0 Å². The van der Waals surface area contributed by atoms with Crippen LogP contribution >= 0.6 is 11.3 Å². The Kier molecular flexibility index (Phi) is 3.19. The van der Waals surface area contributed by atoms with Gasteiger partial charge >= 0.3 is 0 Å². The molecule has 2 aromatic rings. The summed E-state index contributed by atoms with van der Waals surface area (Å²) >= 11 is 1.51. The minimum absolute atomic E-state index is 0.789. The predicted octanol–water partition coefficient (Wildman–Crippen LogP) is 2.76. The molecule has 0 radical (unpaired) electrons. The van der Waals surface area contributed by atoms with E-state index in [-0.39, 0.29) is 0 Å². The van der Waals surface area contributed by atoms with E-state index in [1.165, 1.54) is 16.9 Å². The van der Waals surface area contributed by atoms with Crippen LogP contribution in [0.3, 0.4) is 0 Å². The van der Waals surface area contributed by atoms with E-state index in [1.54, 1.807) is 13.3 Å². The minimum Gasteiger partial charge on any atom is -0.486 e. The molecule has 0 aliphatic carbocycles. The van der Waals surface area contributed by atoms with Crippen LogP contribution in [0.1, 0.15) is 5.56 Å². The maximum Gasteiger partial charge on any atom is 0.195 e. The number of benzene rings is 1. The van der Waals surface area contributed by atoms with E-state index in [4.69, 9.17) is 4.74 Å². The average molecular weight is 220 g/mol. The molecule has 4 heteroatoms. The van der Waals surface area contributed by atoms with Crippen molar-refractivity contribution in [3.8, 4) is 5.06 Å². The van der Waals surface area contributed by atoms with Gasteiger partial charge in [-0.05, 0) is 5.56 Å². The third-order valence-corrected chi connectivity index (χ3v) is 2.89. The van der Waals surface area contributed by atoms with Crippen molar-refractivity contribution >= 4 is 16.5 Å². The second kappa shape index (κ2) is 4.79. The van der Waals surface area contributed by atoms with Gasteiger partial charge in [-0.15, -0.1) is 0 Å². The van der Waals surface area contributed by atoms with Gasteiger partial charge in [0.15, 0.2) is 10.2 Å². The van der Waals surface area contributed by atoms with Gasteiger partial charge in [-0.1, -0.05) is 41.7 Å². The number of rotatable bonds is 4. The molecule has 0 aliphatic heterocycles. The summed E-state index contributed by atoms with van der Waals surface area (Å²) in [5.41, 5.74) is 1.24. The molecule has 0 fully saturated rings.